The van der Waals surface area contributed by atoms with Gasteiger partial charge in [-0.25, -0.2) is 0 Å². The van der Waals surface area contributed by atoms with E-state index in [-0.39, 0.29) is 11.8 Å². The van der Waals surface area contributed by atoms with E-state index in [4.69, 9.17) is 11.6 Å². The zero-order valence-electron chi connectivity index (χ0n) is 9.73. The summed E-state index contributed by atoms with van der Waals surface area (Å²) in [6.07, 6.45) is 3.58. The van der Waals surface area contributed by atoms with Gasteiger partial charge in [-0.05, 0) is 62.5 Å². The summed E-state index contributed by atoms with van der Waals surface area (Å²) in [6, 6.07) is 7.39. The molecule has 3 heterocycles. The smallest absolute Gasteiger partial charge is 0.179 e. The van der Waals surface area contributed by atoms with E-state index >= 15 is 0 Å². The Morgan fingerprint density at radius 3 is 2.35 bits per heavy atom. The van der Waals surface area contributed by atoms with Gasteiger partial charge in [0.05, 0.1) is 6.04 Å². The van der Waals surface area contributed by atoms with Crippen molar-refractivity contribution in [3.8, 4) is 0 Å². The van der Waals surface area contributed by atoms with Gasteiger partial charge in [-0.2, -0.15) is 0 Å². The molecule has 0 saturated carbocycles. The Balaban J connectivity index is 1.80. The summed E-state index contributed by atoms with van der Waals surface area (Å²) in [7, 11) is 0. The highest BCUT2D eigenvalue weighted by Crippen LogP contribution is 2.33. The molecule has 1 aromatic rings. The highest BCUT2D eigenvalue weighted by Gasteiger charge is 2.37. The predicted octanol–water partition coefficient (Wildman–Crippen LogP) is 3.01. The Bertz CT molecular complexity index is 420. The van der Waals surface area contributed by atoms with Gasteiger partial charge in [0.1, 0.15) is 0 Å². The predicted molar refractivity (Wildman–Crippen MR) is 68.5 cm³/mol. The fourth-order valence-corrected chi connectivity index (χ4v) is 3.17. The Morgan fingerprint density at radius 1 is 1.18 bits per heavy atom. The third kappa shape index (κ3) is 2.12. The SMILES string of the molecule is O=C(c1ccc(Cl)cc1)[C@@H]1CC2CCN1CC2. The van der Waals surface area contributed by atoms with E-state index in [1.165, 1.54) is 12.8 Å². The lowest BCUT2D eigenvalue weighted by molar-refractivity contribution is 0.0407. The van der Waals surface area contributed by atoms with Crippen LogP contribution in [-0.2, 0) is 0 Å². The summed E-state index contributed by atoms with van der Waals surface area (Å²) in [4.78, 5) is 14.8. The number of Topliss-reactive ketones (excluding diaryl/α,β-unsaturated/α-hetero) is 1. The van der Waals surface area contributed by atoms with Crippen molar-refractivity contribution in [3.05, 3.63) is 34.9 Å². The van der Waals surface area contributed by atoms with Crippen molar-refractivity contribution in [2.75, 3.05) is 13.1 Å². The standard InChI is InChI=1S/C14H16ClNO/c15-12-3-1-11(2-4-12)14(17)13-9-10-5-7-16(13)8-6-10/h1-4,10,13H,5-9H2/t13-/m0/s1. The fourth-order valence-electron chi connectivity index (χ4n) is 3.04. The normalized spacial score (nSPS) is 31.5. The number of hydrogen-bond donors (Lipinski definition) is 0. The highest BCUT2D eigenvalue weighted by molar-refractivity contribution is 6.30. The molecule has 2 bridgehead atoms. The average Bonchev–Trinajstić information content (AvgIpc) is 2.40. The molecule has 0 amide bonds. The molecule has 1 atom stereocenters. The number of ketones is 1. The van der Waals surface area contributed by atoms with Crippen molar-refractivity contribution in [1.82, 2.24) is 4.90 Å². The molecule has 3 heteroatoms. The van der Waals surface area contributed by atoms with Crippen LogP contribution in [0.2, 0.25) is 5.02 Å². The van der Waals surface area contributed by atoms with E-state index in [0.29, 0.717) is 5.02 Å². The molecule has 3 fully saturated rings. The van der Waals surface area contributed by atoms with Crippen molar-refractivity contribution in [1.29, 1.82) is 0 Å². The number of benzene rings is 1. The van der Waals surface area contributed by atoms with Gasteiger partial charge in [-0.15, -0.1) is 0 Å². The van der Waals surface area contributed by atoms with Crippen LogP contribution < -0.4 is 0 Å². The summed E-state index contributed by atoms with van der Waals surface area (Å²) < 4.78 is 0. The minimum absolute atomic E-state index is 0.115. The van der Waals surface area contributed by atoms with Gasteiger partial charge >= 0.3 is 0 Å². The summed E-state index contributed by atoms with van der Waals surface area (Å²) in [5.74, 6) is 1.03. The second kappa shape index (κ2) is 4.43. The van der Waals surface area contributed by atoms with Gasteiger partial charge in [0.25, 0.3) is 0 Å². The Hall–Kier alpha value is -0.860. The molecule has 3 aliphatic heterocycles. The average molecular weight is 250 g/mol. The number of halogens is 1. The maximum atomic E-state index is 12.4. The molecule has 0 aromatic heterocycles. The monoisotopic (exact) mass is 249 g/mol. The third-order valence-corrected chi connectivity index (χ3v) is 4.33. The topological polar surface area (TPSA) is 20.3 Å². The van der Waals surface area contributed by atoms with Crippen molar-refractivity contribution >= 4 is 17.4 Å². The van der Waals surface area contributed by atoms with Crippen molar-refractivity contribution in [2.45, 2.75) is 25.3 Å². The molecule has 90 valence electrons. The Labute approximate surface area is 107 Å². The van der Waals surface area contributed by atoms with Crippen LogP contribution in [0.1, 0.15) is 29.6 Å². The molecule has 3 aliphatic rings. The number of carbonyl (C=O) groups excluding carboxylic acids is 1. The quantitative estimate of drug-likeness (QED) is 0.751. The number of piperidine rings is 3. The van der Waals surface area contributed by atoms with Crippen LogP contribution in [0.5, 0.6) is 0 Å². The largest absolute Gasteiger partial charge is 0.293 e. The minimum atomic E-state index is 0.115. The zero-order valence-corrected chi connectivity index (χ0v) is 10.5. The zero-order chi connectivity index (χ0) is 11.8. The second-order valence-corrected chi connectivity index (χ2v) is 5.54. The van der Waals surface area contributed by atoms with Crippen LogP contribution in [0.25, 0.3) is 0 Å². The van der Waals surface area contributed by atoms with E-state index in [2.05, 4.69) is 4.90 Å². The number of fused-ring (bicyclic) bond motifs is 3. The van der Waals surface area contributed by atoms with Crippen LogP contribution in [0.3, 0.4) is 0 Å². The summed E-state index contributed by atoms with van der Waals surface area (Å²) >= 11 is 5.84. The molecule has 4 rings (SSSR count). The van der Waals surface area contributed by atoms with E-state index in [1.807, 2.05) is 12.1 Å². The molecule has 1 aromatic carbocycles. The Kier molecular flexibility index (Phi) is 2.93. The van der Waals surface area contributed by atoms with Crippen LogP contribution in [0, 0.1) is 5.92 Å². The molecule has 3 saturated heterocycles. The molecule has 0 unspecified atom stereocenters. The van der Waals surface area contributed by atoms with Crippen LogP contribution in [0.4, 0.5) is 0 Å². The van der Waals surface area contributed by atoms with E-state index in [9.17, 15) is 4.79 Å². The van der Waals surface area contributed by atoms with Gasteiger partial charge in [0.15, 0.2) is 5.78 Å². The lowest BCUT2D eigenvalue weighted by Gasteiger charge is -2.44. The highest BCUT2D eigenvalue weighted by atomic mass is 35.5. The molecule has 2 nitrogen and oxygen atoms in total. The molecule has 0 radical (unpaired) electrons. The van der Waals surface area contributed by atoms with Gasteiger partial charge in [0.2, 0.25) is 0 Å². The molecule has 17 heavy (non-hydrogen) atoms. The van der Waals surface area contributed by atoms with Crippen molar-refractivity contribution in [2.24, 2.45) is 5.92 Å². The van der Waals surface area contributed by atoms with Crippen molar-refractivity contribution in [3.63, 3.8) is 0 Å². The molecule has 0 spiro atoms. The summed E-state index contributed by atoms with van der Waals surface area (Å²) in [5, 5.41) is 0.687. The lowest BCUT2D eigenvalue weighted by atomic mass is 9.81. The number of hydrogen-bond acceptors (Lipinski definition) is 2. The number of carbonyl (C=O) groups is 1. The van der Waals surface area contributed by atoms with Crippen LogP contribution in [0.15, 0.2) is 24.3 Å². The summed E-state index contributed by atoms with van der Waals surface area (Å²) in [6.45, 7) is 2.18. The third-order valence-electron chi connectivity index (χ3n) is 4.08. The second-order valence-electron chi connectivity index (χ2n) is 5.10. The number of nitrogens with zero attached hydrogens (tertiary/aromatic N) is 1. The maximum Gasteiger partial charge on any atom is 0.179 e. The molecule has 0 N–H and O–H groups in total. The molecular weight excluding hydrogens is 234 g/mol. The van der Waals surface area contributed by atoms with Crippen molar-refractivity contribution < 1.29 is 4.79 Å². The minimum Gasteiger partial charge on any atom is -0.293 e. The Morgan fingerprint density at radius 2 is 1.82 bits per heavy atom. The van der Waals surface area contributed by atoms with Gasteiger partial charge in [0, 0.05) is 10.6 Å². The first-order valence-electron chi connectivity index (χ1n) is 6.28. The first-order valence-corrected chi connectivity index (χ1v) is 6.65. The van der Waals surface area contributed by atoms with Gasteiger partial charge in [-0.1, -0.05) is 11.6 Å². The van der Waals surface area contributed by atoms with E-state index < -0.39 is 0 Å². The maximum absolute atomic E-state index is 12.4. The molecule has 0 aliphatic carbocycles. The summed E-state index contributed by atoms with van der Waals surface area (Å²) in [5.41, 5.74) is 0.798. The van der Waals surface area contributed by atoms with Crippen LogP contribution >= 0.6 is 11.6 Å². The first kappa shape index (κ1) is 11.2. The van der Waals surface area contributed by atoms with E-state index in [0.717, 1.165) is 31.0 Å². The van der Waals surface area contributed by atoms with E-state index in [1.54, 1.807) is 12.1 Å². The fraction of sp³-hybridized carbons (Fsp3) is 0.500. The number of rotatable bonds is 2. The first-order chi connectivity index (χ1) is 8.24. The lowest BCUT2D eigenvalue weighted by Crippen LogP contribution is -2.52. The molecular formula is C14H16ClNO. The van der Waals surface area contributed by atoms with Crippen LogP contribution in [-0.4, -0.2) is 29.8 Å². The van der Waals surface area contributed by atoms with Gasteiger partial charge < -0.3 is 0 Å². The van der Waals surface area contributed by atoms with Gasteiger partial charge in [-0.3, -0.25) is 9.69 Å².